The third-order valence-corrected chi connectivity index (χ3v) is 5.81. The monoisotopic (exact) mass is 470 g/mol. The fourth-order valence-electron chi connectivity index (χ4n) is 3.77. The first-order valence-corrected chi connectivity index (χ1v) is 11.5. The number of nitrogens with zero attached hydrogens (tertiary/aromatic N) is 2. The molecule has 2 N–H and O–H groups in total. The summed E-state index contributed by atoms with van der Waals surface area (Å²) in [5, 5.41) is 3.98. The standard InChI is InChI=1S/C24H27ClN4O4/c25-19-8-6-18(7-9-19)24(31)29-13-12-20(16-29)27-21-10-4-17(15-26-21)5-11-22(30)28-33-23-3-1-2-14-32-23/h4-11,15,20,23H,1-3,12-14,16H2,(H,26,27)(H,28,30)/t20-,23?/m1/s1. The molecular weight excluding hydrogens is 444 g/mol. The number of likely N-dealkylation sites (tertiary alicyclic amines) is 1. The zero-order chi connectivity index (χ0) is 23.0. The van der Waals surface area contributed by atoms with Gasteiger partial charge < -0.3 is 15.0 Å². The summed E-state index contributed by atoms with van der Waals surface area (Å²) in [6.45, 7) is 1.94. The van der Waals surface area contributed by atoms with Crippen molar-refractivity contribution >= 4 is 35.3 Å². The van der Waals surface area contributed by atoms with Crippen LogP contribution >= 0.6 is 11.6 Å². The zero-order valence-electron chi connectivity index (χ0n) is 18.2. The van der Waals surface area contributed by atoms with Crippen LogP contribution in [0.15, 0.2) is 48.7 Å². The van der Waals surface area contributed by atoms with Gasteiger partial charge in [-0.3, -0.25) is 9.59 Å². The number of hydrogen-bond acceptors (Lipinski definition) is 6. The second-order valence-corrected chi connectivity index (χ2v) is 8.51. The Morgan fingerprint density at radius 1 is 1.15 bits per heavy atom. The number of halogens is 1. The maximum Gasteiger partial charge on any atom is 0.267 e. The molecule has 0 saturated carbocycles. The molecule has 33 heavy (non-hydrogen) atoms. The van der Waals surface area contributed by atoms with Gasteiger partial charge in [-0.2, -0.15) is 0 Å². The molecule has 4 rings (SSSR count). The van der Waals surface area contributed by atoms with Crippen LogP contribution in [0.4, 0.5) is 5.82 Å². The number of anilines is 1. The van der Waals surface area contributed by atoms with Gasteiger partial charge in [0.15, 0.2) is 6.29 Å². The van der Waals surface area contributed by atoms with Gasteiger partial charge >= 0.3 is 0 Å². The molecule has 0 aliphatic carbocycles. The van der Waals surface area contributed by atoms with Gasteiger partial charge in [0, 0.05) is 55.0 Å². The van der Waals surface area contributed by atoms with Gasteiger partial charge in [0.25, 0.3) is 11.8 Å². The third kappa shape index (κ3) is 6.77. The van der Waals surface area contributed by atoms with E-state index < -0.39 is 0 Å². The molecule has 1 unspecified atom stereocenters. The summed E-state index contributed by atoms with van der Waals surface area (Å²) in [4.78, 5) is 36.1. The average Bonchev–Trinajstić information content (AvgIpc) is 3.31. The molecule has 174 valence electrons. The number of aromatic nitrogens is 1. The molecular formula is C24H27ClN4O4. The third-order valence-electron chi connectivity index (χ3n) is 5.56. The van der Waals surface area contributed by atoms with Gasteiger partial charge in [-0.15, -0.1) is 0 Å². The quantitative estimate of drug-likeness (QED) is 0.474. The van der Waals surface area contributed by atoms with Crippen molar-refractivity contribution in [3.05, 3.63) is 64.8 Å². The van der Waals surface area contributed by atoms with Gasteiger partial charge in [0.1, 0.15) is 5.82 Å². The Bertz CT molecular complexity index is 975. The number of rotatable bonds is 7. The number of carbonyl (C=O) groups excluding carboxylic acids is 2. The molecule has 2 aromatic rings. The SMILES string of the molecule is O=C(C=Cc1ccc(N[C@@H]2CCN(C(=O)c3ccc(Cl)cc3)C2)nc1)NOC1CCCCO1. The molecule has 1 aromatic carbocycles. The molecule has 2 aliphatic heterocycles. The lowest BCUT2D eigenvalue weighted by Crippen LogP contribution is -2.32. The zero-order valence-corrected chi connectivity index (χ0v) is 19.0. The second-order valence-electron chi connectivity index (χ2n) is 8.08. The summed E-state index contributed by atoms with van der Waals surface area (Å²) < 4.78 is 5.40. The fourth-order valence-corrected chi connectivity index (χ4v) is 3.90. The van der Waals surface area contributed by atoms with Crippen LogP contribution < -0.4 is 10.8 Å². The van der Waals surface area contributed by atoms with Crippen molar-refractivity contribution in [3.63, 3.8) is 0 Å². The van der Waals surface area contributed by atoms with E-state index in [0.717, 1.165) is 37.1 Å². The normalized spacial score (nSPS) is 20.7. The molecule has 2 atom stereocenters. The smallest absolute Gasteiger partial charge is 0.267 e. The van der Waals surface area contributed by atoms with Gasteiger partial charge in [-0.25, -0.2) is 15.3 Å². The highest BCUT2D eigenvalue weighted by Crippen LogP contribution is 2.19. The summed E-state index contributed by atoms with van der Waals surface area (Å²) in [6, 6.07) is 10.8. The van der Waals surface area contributed by atoms with E-state index in [1.807, 2.05) is 17.0 Å². The van der Waals surface area contributed by atoms with Crippen LogP contribution in [0.2, 0.25) is 5.02 Å². The molecule has 8 nitrogen and oxygen atoms in total. The Labute approximate surface area is 197 Å². The van der Waals surface area contributed by atoms with Crippen LogP contribution in [0.3, 0.4) is 0 Å². The van der Waals surface area contributed by atoms with E-state index in [9.17, 15) is 9.59 Å². The van der Waals surface area contributed by atoms with Gasteiger partial charge in [0.05, 0.1) is 0 Å². The first-order valence-electron chi connectivity index (χ1n) is 11.1. The predicted molar refractivity (Wildman–Crippen MR) is 125 cm³/mol. The highest BCUT2D eigenvalue weighted by molar-refractivity contribution is 6.30. The average molecular weight is 471 g/mol. The Hall–Kier alpha value is -2.94. The Kier molecular flexibility index (Phi) is 7.93. The molecule has 2 aliphatic rings. The maximum atomic E-state index is 12.6. The topological polar surface area (TPSA) is 92.8 Å². The molecule has 3 heterocycles. The minimum Gasteiger partial charge on any atom is -0.365 e. The van der Waals surface area contributed by atoms with Crippen molar-refractivity contribution in [2.24, 2.45) is 0 Å². The summed E-state index contributed by atoms with van der Waals surface area (Å²) in [7, 11) is 0. The Morgan fingerprint density at radius 2 is 2.00 bits per heavy atom. The number of nitrogens with one attached hydrogen (secondary N) is 2. The molecule has 2 amide bonds. The fraction of sp³-hybridized carbons (Fsp3) is 0.375. The van der Waals surface area contributed by atoms with Crippen LogP contribution in [-0.2, 0) is 14.4 Å². The van der Waals surface area contributed by atoms with Crippen molar-refractivity contribution in [2.45, 2.75) is 38.0 Å². The van der Waals surface area contributed by atoms with Crippen LogP contribution in [0.5, 0.6) is 0 Å². The van der Waals surface area contributed by atoms with E-state index in [0.29, 0.717) is 30.3 Å². The largest absolute Gasteiger partial charge is 0.365 e. The van der Waals surface area contributed by atoms with Gasteiger partial charge in [-0.05, 0) is 67.3 Å². The maximum absolute atomic E-state index is 12.6. The lowest BCUT2D eigenvalue weighted by atomic mass is 10.2. The van der Waals surface area contributed by atoms with Gasteiger partial charge in [0.2, 0.25) is 0 Å². The molecule has 2 fully saturated rings. The van der Waals surface area contributed by atoms with Crippen molar-refractivity contribution in [3.8, 4) is 0 Å². The first kappa shape index (κ1) is 23.2. The van der Waals surface area contributed by atoms with Crippen LogP contribution in [-0.4, -0.2) is 53.7 Å². The highest BCUT2D eigenvalue weighted by Gasteiger charge is 2.27. The molecule has 2 saturated heterocycles. The number of hydrogen-bond donors (Lipinski definition) is 2. The number of pyridine rings is 1. The molecule has 0 spiro atoms. The Morgan fingerprint density at radius 3 is 2.73 bits per heavy atom. The molecule has 9 heteroatoms. The second kappa shape index (κ2) is 11.3. The molecule has 1 aromatic heterocycles. The van der Waals surface area contributed by atoms with Crippen LogP contribution in [0.25, 0.3) is 6.08 Å². The molecule has 0 bridgehead atoms. The highest BCUT2D eigenvalue weighted by atomic mass is 35.5. The minimum atomic E-state index is -0.379. The van der Waals surface area contributed by atoms with Crippen molar-refractivity contribution in [1.29, 1.82) is 0 Å². The number of benzene rings is 1. The van der Waals surface area contributed by atoms with Crippen molar-refractivity contribution in [2.75, 3.05) is 25.0 Å². The van der Waals surface area contributed by atoms with E-state index in [-0.39, 0.29) is 24.1 Å². The predicted octanol–water partition coefficient (Wildman–Crippen LogP) is 3.65. The minimum absolute atomic E-state index is 0.00159. The lowest BCUT2D eigenvalue weighted by molar-refractivity contribution is -0.198. The van der Waals surface area contributed by atoms with Crippen molar-refractivity contribution < 1.29 is 19.2 Å². The summed E-state index contributed by atoms with van der Waals surface area (Å²) >= 11 is 5.90. The summed E-state index contributed by atoms with van der Waals surface area (Å²) in [5.74, 6) is 0.365. The Balaban J connectivity index is 1.22. The van der Waals surface area contributed by atoms with E-state index in [1.165, 1.54) is 6.08 Å². The first-order chi connectivity index (χ1) is 16.1. The summed E-state index contributed by atoms with van der Waals surface area (Å²) in [6.07, 6.45) is 8.03. The van der Waals surface area contributed by atoms with E-state index in [2.05, 4.69) is 15.8 Å². The lowest BCUT2D eigenvalue weighted by Gasteiger charge is -2.21. The van der Waals surface area contributed by atoms with Crippen LogP contribution in [0, 0.1) is 0 Å². The number of carbonyl (C=O) groups is 2. The summed E-state index contributed by atoms with van der Waals surface area (Å²) in [5.41, 5.74) is 3.81. The number of amides is 2. The van der Waals surface area contributed by atoms with E-state index >= 15 is 0 Å². The number of ether oxygens (including phenoxy) is 1. The number of hydroxylamine groups is 1. The van der Waals surface area contributed by atoms with Gasteiger partial charge in [-0.1, -0.05) is 11.6 Å². The molecule has 0 radical (unpaired) electrons. The van der Waals surface area contributed by atoms with Crippen LogP contribution in [0.1, 0.15) is 41.6 Å². The van der Waals surface area contributed by atoms with E-state index in [4.69, 9.17) is 21.2 Å². The van der Waals surface area contributed by atoms with Crippen molar-refractivity contribution in [1.82, 2.24) is 15.4 Å². The van der Waals surface area contributed by atoms with E-state index in [1.54, 1.807) is 36.5 Å².